The summed E-state index contributed by atoms with van der Waals surface area (Å²) < 4.78 is 1.89. The Kier molecular flexibility index (Phi) is 4.47. The third-order valence-corrected chi connectivity index (χ3v) is 4.17. The van der Waals surface area contributed by atoms with Gasteiger partial charge in [-0.2, -0.15) is 5.10 Å². The van der Waals surface area contributed by atoms with E-state index in [0.29, 0.717) is 11.6 Å². The molecular weight excluding hydrogens is 250 g/mol. The number of hydrogen-bond acceptors (Lipinski definition) is 3. The SMILES string of the molecule is CCn1nc(C)c(Cl)c1CNC(C)(C)C(C)(C)O. The monoisotopic (exact) mass is 273 g/mol. The summed E-state index contributed by atoms with van der Waals surface area (Å²) in [4.78, 5) is 0. The second kappa shape index (κ2) is 5.19. The van der Waals surface area contributed by atoms with Crippen LogP contribution in [-0.4, -0.2) is 26.0 Å². The minimum Gasteiger partial charge on any atom is -0.389 e. The Morgan fingerprint density at radius 2 is 1.89 bits per heavy atom. The molecule has 1 rings (SSSR count). The number of nitrogens with zero attached hydrogens (tertiary/aromatic N) is 2. The van der Waals surface area contributed by atoms with Crippen LogP contribution in [0.4, 0.5) is 0 Å². The van der Waals surface area contributed by atoms with E-state index in [4.69, 9.17) is 11.6 Å². The van der Waals surface area contributed by atoms with Crippen molar-refractivity contribution in [3.63, 3.8) is 0 Å². The number of aromatic nitrogens is 2. The standard InChI is InChI=1S/C13H24ClN3O/c1-7-17-10(11(14)9(2)16-17)8-15-12(3,4)13(5,6)18/h15,18H,7-8H2,1-6H3. The van der Waals surface area contributed by atoms with E-state index in [2.05, 4.69) is 10.4 Å². The summed E-state index contributed by atoms with van der Waals surface area (Å²) in [6, 6.07) is 0. The third-order valence-electron chi connectivity index (χ3n) is 3.68. The molecule has 0 amide bonds. The fraction of sp³-hybridized carbons (Fsp3) is 0.769. The van der Waals surface area contributed by atoms with Crippen molar-refractivity contribution in [1.29, 1.82) is 0 Å². The van der Waals surface area contributed by atoms with Gasteiger partial charge < -0.3 is 10.4 Å². The first-order valence-corrected chi connectivity index (χ1v) is 6.67. The van der Waals surface area contributed by atoms with Crippen LogP contribution in [0.2, 0.25) is 5.02 Å². The van der Waals surface area contributed by atoms with Gasteiger partial charge in [0, 0.05) is 18.6 Å². The van der Waals surface area contributed by atoms with E-state index in [-0.39, 0.29) is 0 Å². The molecule has 0 bridgehead atoms. The average Bonchev–Trinajstić information content (AvgIpc) is 2.51. The van der Waals surface area contributed by atoms with Gasteiger partial charge in [0.15, 0.2) is 0 Å². The van der Waals surface area contributed by atoms with Crippen molar-refractivity contribution >= 4 is 11.6 Å². The summed E-state index contributed by atoms with van der Waals surface area (Å²) in [5, 5.41) is 18.5. The molecular formula is C13H24ClN3O. The van der Waals surface area contributed by atoms with E-state index in [1.807, 2.05) is 32.4 Å². The molecule has 0 saturated heterocycles. The van der Waals surface area contributed by atoms with E-state index >= 15 is 0 Å². The maximum atomic E-state index is 10.1. The molecule has 4 nitrogen and oxygen atoms in total. The lowest BCUT2D eigenvalue weighted by molar-refractivity contribution is -0.00560. The van der Waals surface area contributed by atoms with Crippen LogP contribution in [0.3, 0.4) is 0 Å². The van der Waals surface area contributed by atoms with Gasteiger partial charge >= 0.3 is 0 Å². The molecule has 0 aromatic carbocycles. The van der Waals surface area contributed by atoms with Crippen molar-refractivity contribution in [3.8, 4) is 0 Å². The predicted molar refractivity (Wildman–Crippen MR) is 74.9 cm³/mol. The Hall–Kier alpha value is -0.580. The molecule has 0 aliphatic carbocycles. The Morgan fingerprint density at radius 1 is 1.33 bits per heavy atom. The molecule has 1 aromatic heterocycles. The second-order valence-electron chi connectivity index (χ2n) is 5.70. The van der Waals surface area contributed by atoms with Crippen LogP contribution in [0.1, 0.15) is 46.0 Å². The summed E-state index contributed by atoms with van der Waals surface area (Å²) in [6.45, 7) is 12.8. The van der Waals surface area contributed by atoms with Gasteiger partial charge in [0.05, 0.1) is 22.0 Å². The van der Waals surface area contributed by atoms with E-state index in [9.17, 15) is 5.11 Å². The Bertz CT molecular complexity index is 419. The maximum absolute atomic E-state index is 10.1. The summed E-state index contributed by atoms with van der Waals surface area (Å²) in [5.41, 5.74) is 0.587. The summed E-state index contributed by atoms with van der Waals surface area (Å²) >= 11 is 6.25. The Balaban J connectivity index is 2.87. The molecule has 0 radical (unpaired) electrons. The Labute approximate surface area is 114 Å². The predicted octanol–water partition coefficient (Wildman–Crippen LogP) is 2.50. The fourth-order valence-electron chi connectivity index (χ4n) is 1.56. The van der Waals surface area contributed by atoms with Crippen molar-refractivity contribution in [1.82, 2.24) is 15.1 Å². The molecule has 0 fully saturated rings. The van der Waals surface area contributed by atoms with Crippen LogP contribution in [0.15, 0.2) is 0 Å². The zero-order chi connectivity index (χ0) is 14.1. The molecule has 0 aliphatic rings. The lowest BCUT2D eigenvalue weighted by Gasteiger charge is -2.38. The first-order valence-electron chi connectivity index (χ1n) is 6.29. The van der Waals surface area contributed by atoms with Crippen LogP contribution in [0, 0.1) is 6.92 Å². The molecule has 18 heavy (non-hydrogen) atoms. The second-order valence-corrected chi connectivity index (χ2v) is 6.08. The molecule has 0 atom stereocenters. The molecule has 0 aliphatic heterocycles. The number of aryl methyl sites for hydroxylation is 2. The zero-order valence-corrected chi connectivity index (χ0v) is 12.9. The normalized spacial score (nSPS) is 13.1. The largest absolute Gasteiger partial charge is 0.389 e. The highest BCUT2D eigenvalue weighted by molar-refractivity contribution is 6.31. The summed E-state index contributed by atoms with van der Waals surface area (Å²) in [7, 11) is 0. The molecule has 0 saturated carbocycles. The van der Waals surface area contributed by atoms with Crippen molar-refractivity contribution in [2.24, 2.45) is 0 Å². The van der Waals surface area contributed by atoms with E-state index in [1.54, 1.807) is 13.8 Å². The van der Waals surface area contributed by atoms with Gasteiger partial charge in [-0.05, 0) is 41.5 Å². The average molecular weight is 274 g/mol. The summed E-state index contributed by atoms with van der Waals surface area (Å²) in [6.07, 6.45) is 0. The van der Waals surface area contributed by atoms with Gasteiger partial charge in [0.2, 0.25) is 0 Å². The number of aliphatic hydroxyl groups is 1. The molecule has 5 heteroatoms. The van der Waals surface area contributed by atoms with Gasteiger partial charge in [0.1, 0.15) is 0 Å². The van der Waals surface area contributed by atoms with E-state index in [0.717, 1.165) is 17.9 Å². The first kappa shape index (κ1) is 15.5. The van der Waals surface area contributed by atoms with Crippen molar-refractivity contribution in [2.75, 3.05) is 0 Å². The smallest absolute Gasteiger partial charge is 0.0860 e. The van der Waals surface area contributed by atoms with Crippen LogP contribution >= 0.6 is 11.6 Å². The lowest BCUT2D eigenvalue weighted by Crippen LogP contribution is -2.55. The molecule has 0 spiro atoms. The van der Waals surface area contributed by atoms with Crippen LogP contribution in [0.25, 0.3) is 0 Å². The molecule has 1 aromatic rings. The topological polar surface area (TPSA) is 50.1 Å². The van der Waals surface area contributed by atoms with Gasteiger partial charge in [-0.1, -0.05) is 11.6 Å². The number of hydrogen-bond donors (Lipinski definition) is 2. The minimum atomic E-state index is -0.814. The van der Waals surface area contributed by atoms with E-state index < -0.39 is 11.1 Å². The quantitative estimate of drug-likeness (QED) is 0.867. The lowest BCUT2D eigenvalue weighted by atomic mass is 9.86. The van der Waals surface area contributed by atoms with Crippen molar-refractivity contribution in [2.45, 2.75) is 65.8 Å². The van der Waals surface area contributed by atoms with Crippen molar-refractivity contribution in [3.05, 3.63) is 16.4 Å². The van der Waals surface area contributed by atoms with Gasteiger partial charge in [-0.25, -0.2) is 0 Å². The van der Waals surface area contributed by atoms with Crippen LogP contribution in [0.5, 0.6) is 0 Å². The highest BCUT2D eigenvalue weighted by Gasteiger charge is 2.34. The Morgan fingerprint density at radius 3 is 2.33 bits per heavy atom. The van der Waals surface area contributed by atoms with E-state index in [1.165, 1.54) is 0 Å². The highest BCUT2D eigenvalue weighted by Crippen LogP contribution is 2.24. The van der Waals surface area contributed by atoms with Crippen LogP contribution < -0.4 is 5.32 Å². The maximum Gasteiger partial charge on any atom is 0.0860 e. The number of rotatable bonds is 5. The molecule has 104 valence electrons. The van der Waals surface area contributed by atoms with Crippen molar-refractivity contribution < 1.29 is 5.11 Å². The van der Waals surface area contributed by atoms with Crippen LogP contribution in [-0.2, 0) is 13.1 Å². The van der Waals surface area contributed by atoms with Gasteiger partial charge in [0.25, 0.3) is 0 Å². The number of halogens is 1. The minimum absolute atomic E-state index is 0.410. The molecule has 0 unspecified atom stereocenters. The van der Waals surface area contributed by atoms with Gasteiger partial charge in [-0.3, -0.25) is 4.68 Å². The van der Waals surface area contributed by atoms with Gasteiger partial charge in [-0.15, -0.1) is 0 Å². The number of nitrogens with one attached hydrogen (secondary N) is 1. The first-order chi connectivity index (χ1) is 8.10. The summed E-state index contributed by atoms with van der Waals surface area (Å²) in [5.74, 6) is 0. The fourth-order valence-corrected chi connectivity index (χ4v) is 1.76. The molecule has 1 heterocycles. The third kappa shape index (κ3) is 3.05. The highest BCUT2D eigenvalue weighted by atomic mass is 35.5. The zero-order valence-electron chi connectivity index (χ0n) is 12.1. The molecule has 2 N–H and O–H groups in total.